The van der Waals surface area contributed by atoms with E-state index in [9.17, 15) is 46.0 Å². The van der Waals surface area contributed by atoms with Crippen molar-refractivity contribution in [1.29, 1.82) is 0 Å². The quantitative estimate of drug-likeness (QED) is 0.145. The summed E-state index contributed by atoms with van der Waals surface area (Å²) in [5, 5.41) is 97.6. The van der Waals surface area contributed by atoms with Gasteiger partial charge in [0.05, 0.1) is 38.1 Å². The summed E-state index contributed by atoms with van der Waals surface area (Å²) >= 11 is 0. The van der Waals surface area contributed by atoms with E-state index < -0.39 is 117 Å². The molecule has 0 aromatic carbocycles. The molecule has 1 spiro atoms. The lowest BCUT2D eigenvalue weighted by atomic mass is 9.46. The molecule has 17 heteroatoms. The van der Waals surface area contributed by atoms with Gasteiger partial charge in [-0.2, -0.15) is 0 Å². The summed E-state index contributed by atoms with van der Waals surface area (Å²) in [6, 6.07) is 0. The molecule has 3 saturated carbocycles. The Bertz CT molecular complexity index is 1610. The Balaban J connectivity index is 0.922. The second kappa shape index (κ2) is 16.4. The van der Waals surface area contributed by atoms with Crippen LogP contribution < -0.4 is 0 Å². The molecule has 0 bridgehead atoms. The number of aliphatic hydroxyl groups excluding tert-OH is 8. The Labute approximate surface area is 357 Å². The predicted molar refractivity (Wildman–Crippen MR) is 210 cm³/mol. The summed E-state index contributed by atoms with van der Waals surface area (Å²) in [5.74, 6) is 0.693. The maximum Gasteiger partial charge on any atom is 0.187 e. The third-order valence-corrected chi connectivity index (χ3v) is 17.6. The van der Waals surface area contributed by atoms with Gasteiger partial charge in [-0.15, -0.1) is 0 Å². The molecule has 5 saturated heterocycles. The third kappa shape index (κ3) is 6.97. The van der Waals surface area contributed by atoms with Gasteiger partial charge in [-0.25, -0.2) is 0 Å². The molecular formula is C44H70O17. The van der Waals surface area contributed by atoms with Crippen LogP contribution in [0.3, 0.4) is 0 Å². The monoisotopic (exact) mass is 870 g/mol. The lowest BCUT2D eigenvalue weighted by Gasteiger charge is -2.60. The standard InChI is InChI=1S/C44H70O17/c1-19-8-13-43(54-18-19)21(3)44(53)29(61-43)15-26-24-7-6-22-14-23(9-11-41(22,4)25(24)10-12-42(26,44)5)56-40-37(60-38-34(51)32(49)30(47)20(2)55-38)35(52)36(28(17-46)58-40)59-39-33(50)31(48)27(16-45)57-39/h6,19-21,23-40,45-53H,7-18H2,1-5H3/t19-,20+,21-,23+,24-,25+,26+,27+,28-,29+,30-,31-,32+,33+,34+,35+,36-,37-,38+,39+,40-,41+,42+,43-,44-/m1/s1. The molecule has 0 unspecified atom stereocenters. The van der Waals surface area contributed by atoms with Crippen LogP contribution in [-0.4, -0.2) is 175 Å². The topological polar surface area (TPSA) is 256 Å². The number of aliphatic hydroxyl groups is 9. The Morgan fingerprint density at radius 1 is 0.705 bits per heavy atom. The second-order valence-electron chi connectivity index (χ2n) is 20.7. The molecule has 0 amide bonds. The number of fused-ring (bicyclic) bond motifs is 7. The van der Waals surface area contributed by atoms with E-state index in [1.807, 2.05) is 0 Å². The van der Waals surface area contributed by atoms with Crippen molar-refractivity contribution < 1.29 is 83.9 Å². The minimum Gasteiger partial charge on any atom is -0.394 e. The van der Waals surface area contributed by atoms with Crippen LogP contribution in [0.15, 0.2) is 11.6 Å². The summed E-state index contributed by atoms with van der Waals surface area (Å²) in [4.78, 5) is 0. The minimum absolute atomic E-state index is 0.109. The molecule has 5 heterocycles. The van der Waals surface area contributed by atoms with E-state index in [-0.39, 0.29) is 22.9 Å². The van der Waals surface area contributed by atoms with Gasteiger partial charge in [0.2, 0.25) is 0 Å². The van der Waals surface area contributed by atoms with E-state index >= 15 is 0 Å². The van der Waals surface area contributed by atoms with Crippen molar-refractivity contribution in [2.45, 2.75) is 202 Å². The van der Waals surface area contributed by atoms with Gasteiger partial charge in [0.25, 0.3) is 0 Å². The molecular weight excluding hydrogens is 800 g/mol. The van der Waals surface area contributed by atoms with E-state index in [1.165, 1.54) is 12.5 Å². The molecule has 8 fully saturated rings. The average molecular weight is 871 g/mol. The lowest BCUT2D eigenvalue weighted by Crippen LogP contribution is -2.65. The normalized spacial score (nSPS) is 58.2. The number of hydrogen-bond acceptors (Lipinski definition) is 17. The first kappa shape index (κ1) is 45.2. The molecule has 0 radical (unpaired) electrons. The number of rotatable bonds is 8. The van der Waals surface area contributed by atoms with Crippen LogP contribution in [0.2, 0.25) is 0 Å². The molecule has 25 atom stereocenters. The van der Waals surface area contributed by atoms with Crippen molar-refractivity contribution in [3.05, 3.63) is 11.6 Å². The van der Waals surface area contributed by atoms with E-state index in [2.05, 4.69) is 33.8 Å². The molecule has 348 valence electrons. The maximum absolute atomic E-state index is 12.8. The predicted octanol–water partition coefficient (Wildman–Crippen LogP) is -0.0319. The van der Waals surface area contributed by atoms with Gasteiger partial charge >= 0.3 is 0 Å². The highest BCUT2D eigenvalue weighted by Crippen LogP contribution is 2.72. The van der Waals surface area contributed by atoms with Crippen molar-refractivity contribution in [3.63, 3.8) is 0 Å². The van der Waals surface area contributed by atoms with Crippen LogP contribution in [-0.2, 0) is 37.9 Å². The van der Waals surface area contributed by atoms with Gasteiger partial charge < -0.3 is 83.9 Å². The van der Waals surface area contributed by atoms with E-state index in [0.717, 1.165) is 44.9 Å². The van der Waals surface area contributed by atoms with Crippen molar-refractivity contribution >= 4 is 0 Å². The van der Waals surface area contributed by atoms with Gasteiger partial charge in [-0.3, -0.25) is 0 Å². The van der Waals surface area contributed by atoms with Crippen LogP contribution >= 0.6 is 0 Å². The first-order valence-corrected chi connectivity index (χ1v) is 22.9. The Morgan fingerprint density at radius 3 is 2.08 bits per heavy atom. The average Bonchev–Trinajstić information content (AvgIpc) is 3.74. The number of hydrogen-bond donors (Lipinski definition) is 9. The number of ether oxygens (including phenoxy) is 8. The molecule has 17 nitrogen and oxygen atoms in total. The smallest absolute Gasteiger partial charge is 0.187 e. The Kier molecular flexibility index (Phi) is 12.2. The largest absolute Gasteiger partial charge is 0.394 e. The SMILES string of the molecule is C[C@@H]1CC[C@@]2(OC1)O[C@H]1C[C@H]3[C@@H]4CC=C5C[C@@H](O[C@@H]6O[C@H](CO)[C@@H](O[C@@H]7O[C@@H](CO)[C@@H](O)[C@@H]7O)[C@H](O)[C@H]6O[C@@H]6O[C@@H](C)[C@@H](O)[C@H](O)[C@@H]6O)CC[C@]5(C)[C@H]4CC[C@]3(C)[C@@]1(O)[C@@H]2C. The van der Waals surface area contributed by atoms with Crippen molar-refractivity contribution in [2.24, 2.45) is 40.4 Å². The Morgan fingerprint density at radius 2 is 1.39 bits per heavy atom. The van der Waals surface area contributed by atoms with Gasteiger partial charge in [0, 0.05) is 17.8 Å². The molecule has 0 aromatic rings. The first-order valence-electron chi connectivity index (χ1n) is 22.9. The summed E-state index contributed by atoms with van der Waals surface area (Å²) in [7, 11) is 0. The highest BCUT2D eigenvalue weighted by molar-refractivity contribution is 5.29. The molecule has 4 aliphatic carbocycles. The Hall–Kier alpha value is -0.940. The third-order valence-electron chi connectivity index (χ3n) is 17.6. The van der Waals surface area contributed by atoms with Gasteiger partial charge in [0.1, 0.15) is 66.6 Å². The van der Waals surface area contributed by atoms with Gasteiger partial charge in [-0.1, -0.05) is 39.3 Å². The first-order chi connectivity index (χ1) is 28.9. The molecule has 5 aliphatic heterocycles. The molecule has 61 heavy (non-hydrogen) atoms. The van der Waals surface area contributed by atoms with E-state index in [1.54, 1.807) is 0 Å². The highest BCUT2D eigenvalue weighted by Gasteiger charge is 2.76. The van der Waals surface area contributed by atoms with E-state index in [0.29, 0.717) is 43.1 Å². The number of allylic oxidation sites excluding steroid dienone is 1. The molecule has 9 aliphatic rings. The highest BCUT2D eigenvalue weighted by atomic mass is 16.8. The summed E-state index contributed by atoms with van der Waals surface area (Å²) in [5.41, 5.74) is -0.100. The van der Waals surface area contributed by atoms with Crippen LogP contribution in [0.4, 0.5) is 0 Å². The minimum atomic E-state index is -1.72. The zero-order valence-electron chi connectivity index (χ0n) is 36.0. The lowest BCUT2D eigenvalue weighted by molar-refractivity contribution is -0.380. The van der Waals surface area contributed by atoms with Crippen molar-refractivity contribution in [1.82, 2.24) is 0 Å². The summed E-state index contributed by atoms with van der Waals surface area (Å²) in [6.07, 6.45) is -11.0. The fourth-order valence-electron chi connectivity index (χ4n) is 13.8. The van der Waals surface area contributed by atoms with Crippen LogP contribution in [0.5, 0.6) is 0 Å². The zero-order chi connectivity index (χ0) is 43.6. The van der Waals surface area contributed by atoms with Gasteiger partial charge in [0.15, 0.2) is 24.7 Å². The summed E-state index contributed by atoms with van der Waals surface area (Å²) < 4.78 is 49.5. The molecule has 9 rings (SSSR count). The fourth-order valence-corrected chi connectivity index (χ4v) is 13.8. The van der Waals surface area contributed by atoms with E-state index in [4.69, 9.17) is 37.9 Å². The van der Waals surface area contributed by atoms with Gasteiger partial charge in [-0.05, 0) is 87.4 Å². The van der Waals surface area contributed by atoms with Crippen LogP contribution in [0, 0.1) is 40.4 Å². The fraction of sp³-hybridized carbons (Fsp3) is 0.955. The maximum atomic E-state index is 12.8. The molecule has 9 N–H and O–H groups in total. The molecule has 0 aromatic heterocycles. The van der Waals surface area contributed by atoms with Crippen molar-refractivity contribution in [2.75, 3.05) is 19.8 Å². The second-order valence-corrected chi connectivity index (χ2v) is 20.7. The van der Waals surface area contributed by atoms with Crippen molar-refractivity contribution in [3.8, 4) is 0 Å². The summed E-state index contributed by atoms with van der Waals surface area (Å²) in [6.45, 7) is 9.89. The van der Waals surface area contributed by atoms with Crippen LogP contribution in [0.1, 0.15) is 92.4 Å². The zero-order valence-corrected chi connectivity index (χ0v) is 36.0. The van der Waals surface area contributed by atoms with Crippen LogP contribution in [0.25, 0.3) is 0 Å².